The van der Waals surface area contributed by atoms with Crippen molar-refractivity contribution < 1.29 is 4.74 Å². The summed E-state index contributed by atoms with van der Waals surface area (Å²) >= 11 is 1.72. The maximum Gasteiger partial charge on any atom is 0.139 e. The predicted octanol–water partition coefficient (Wildman–Crippen LogP) is 6.55. The molecule has 2 aromatic carbocycles. The molecule has 0 saturated heterocycles. The Morgan fingerprint density at radius 1 is 1.00 bits per heavy atom. The minimum absolute atomic E-state index is 0.141. The molecule has 4 aromatic rings. The van der Waals surface area contributed by atoms with Crippen molar-refractivity contribution in [3.63, 3.8) is 0 Å². The first-order chi connectivity index (χ1) is 14.1. The number of benzene rings is 2. The third-order valence-electron chi connectivity index (χ3n) is 4.95. The van der Waals surface area contributed by atoms with Crippen LogP contribution in [0.25, 0.3) is 21.3 Å². The Morgan fingerprint density at radius 2 is 1.72 bits per heavy atom. The molecule has 5 heteroatoms. The molecular weight excluding hydrogens is 378 g/mol. The van der Waals surface area contributed by atoms with Crippen LogP contribution in [0.5, 0.6) is 5.75 Å². The molecule has 1 N–H and O–H groups in total. The highest BCUT2D eigenvalue weighted by atomic mass is 32.1. The molecule has 1 atom stereocenters. The van der Waals surface area contributed by atoms with E-state index in [9.17, 15) is 0 Å². The summed E-state index contributed by atoms with van der Waals surface area (Å²) in [5.41, 5.74) is 3.57. The molecule has 4 nitrogen and oxygen atoms in total. The molecule has 1 unspecified atom stereocenters. The summed E-state index contributed by atoms with van der Waals surface area (Å²) in [6.07, 6.45) is 0. The van der Waals surface area contributed by atoms with E-state index in [0.717, 1.165) is 33.2 Å². The number of hydrogen-bond acceptors (Lipinski definition) is 5. The molecule has 148 valence electrons. The van der Waals surface area contributed by atoms with Gasteiger partial charge in [0.1, 0.15) is 22.2 Å². The molecule has 0 fully saturated rings. The van der Waals surface area contributed by atoms with Crippen LogP contribution >= 0.6 is 11.3 Å². The molecule has 0 bridgehead atoms. The van der Waals surface area contributed by atoms with Crippen molar-refractivity contribution in [1.29, 1.82) is 0 Å². The van der Waals surface area contributed by atoms with Gasteiger partial charge in [-0.05, 0) is 51.0 Å². The van der Waals surface area contributed by atoms with Gasteiger partial charge in [0.25, 0.3) is 0 Å². The van der Waals surface area contributed by atoms with Crippen LogP contribution < -0.4 is 10.1 Å². The van der Waals surface area contributed by atoms with Gasteiger partial charge in [0.05, 0.1) is 12.0 Å². The first-order valence-electron chi connectivity index (χ1n) is 9.89. The minimum atomic E-state index is 0.141. The van der Waals surface area contributed by atoms with E-state index in [1.807, 2.05) is 32.0 Å². The summed E-state index contributed by atoms with van der Waals surface area (Å²) in [6.45, 7) is 8.92. The van der Waals surface area contributed by atoms with Crippen LogP contribution in [0, 0.1) is 13.8 Å². The van der Waals surface area contributed by atoms with Crippen LogP contribution in [0.15, 0.2) is 54.6 Å². The first-order valence-corrected chi connectivity index (χ1v) is 10.7. The van der Waals surface area contributed by atoms with Gasteiger partial charge in [0, 0.05) is 16.5 Å². The summed E-state index contributed by atoms with van der Waals surface area (Å²) in [6, 6.07) is 18.9. The smallest absolute Gasteiger partial charge is 0.139 e. The van der Waals surface area contributed by atoms with Gasteiger partial charge in [-0.15, -0.1) is 11.3 Å². The number of fused-ring (bicyclic) bond motifs is 1. The highest BCUT2D eigenvalue weighted by Crippen LogP contribution is 2.41. The van der Waals surface area contributed by atoms with Crippen molar-refractivity contribution in [2.24, 2.45) is 0 Å². The fraction of sp³-hybridized carbons (Fsp3) is 0.250. The lowest BCUT2D eigenvalue weighted by molar-refractivity contribution is 0.340. The highest BCUT2D eigenvalue weighted by molar-refractivity contribution is 7.19. The van der Waals surface area contributed by atoms with Gasteiger partial charge in [-0.25, -0.2) is 9.97 Å². The number of aryl methyl sites for hydroxylation is 2. The van der Waals surface area contributed by atoms with Crippen molar-refractivity contribution in [3.05, 3.63) is 70.9 Å². The molecule has 0 radical (unpaired) electrons. The molecule has 0 spiro atoms. The van der Waals surface area contributed by atoms with E-state index in [1.165, 1.54) is 16.0 Å². The van der Waals surface area contributed by atoms with Crippen LogP contribution in [0.2, 0.25) is 0 Å². The van der Waals surface area contributed by atoms with E-state index in [0.29, 0.717) is 6.61 Å². The molecule has 0 aliphatic rings. The topological polar surface area (TPSA) is 47.0 Å². The van der Waals surface area contributed by atoms with Crippen molar-refractivity contribution in [3.8, 4) is 16.9 Å². The van der Waals surface area contributed by atoms with Crippen LogP contribution in [0.1, 0.15) is 36.2 Å². The Hall–Kier alpha value is -2.92. The molecule has 0 amide bonds. The Labute approximate surface area is 175 Å². The van der Waals surface area contributed by atoms with E-state index in [-0.39, 0.29) is 6.04 Å². The average molecular weight is 404 g/mol. The van der Waals surface area contributed by atoms with E-state index >= 15 is 0 Å². The number of nitrogens with zero attached hydrogens (tertiary/aromatic N) is 2. The lowest BCUT2D eigenvalue weighted by Crippen LogP contribution is -2.09. The molecular formula is C24H25N3OS. The number of nitrogens with one attached hydrogen (secondary N) is 1. The number of aromatic nitrogens is 2. The minimum Gasteiger partial charge on any atom is -0.494 e. The average Bonchev–Trinajstić information content (AvgIpc) is 3.05. The van der Waals surface area contributed by atoms with E-state index in [2.05, 4.69) is 55.6 Å². The quantitative estimate of drug-likeness (QED) is 0.397. The van der Waals surface area contributed by atoms with Gasteiger partial charge < -0.3 is 10.1 Å². The molecule has 2 heterocycles. The highest BCUT2D eigenvalue weighted by Gasteiger charge is 2.19. The maximum atomic E-state index is 5.60. The summed E-state index contributed by atoms with van der Waals surface area (Å²) in [5.74, 6) is 2.55. The van der Waals surface area contributed by atoms with Crippen molar-refractivity contribution in [2.75, 3.05) is 11.9 Å². The third-order valence-corrected chi connectivity index (χ3v) is 5.95. The Bertz CT molecular complexity index is 1120. The van der Waals surface area contributed by atoms with E-state index < -0.39 is 0 Å². The molecule has 29 heavy (non-hydrogen) atoms. The predicted molar refractivity (Wildman–Crippen MR) is 122 cm³/mol. The summed E-state index contributed by atoms with van der Waals surface area (Å²) in [7, 11) is 0. The Kier molecular flexibility index (Phi) is 5.49. The fourth-order valence-corrected chi connectivity index (χ4v) is 4.68. The van der Waals surface area contributed by atoms with Gasteiger partial charge in [-0.3, -0.25) is 0 Å². The standard InChI is InChI=1S/C24H25N3OS/c1-5-28-20-13-11-19(12-14-20)21-16(3)29-24-22(21)23(26-17(4)27-24)25-15(2)18-9-7-6-8-10-18/h6-15H,5H2,1-4H3,(H,25,26,27). The van der Waals surface area contributed by atoms with Gasteiger partial charge >= 0.3 is 0 Å². The molecule has 4 rings (SSSR count). The van der Waals surface area contributed by atoms with Gasteiger partial charge in [-0.1, -0.05) is 42.5 Å². The van der Waals surface area contributed by atoms with Crippen LogP contribution in [-0.2, 0) is 0 Å². The van der Waals surface area contributed by atoms with Gasteiger partial charge in [0.15, 0.2) is 0 Å². The number of ether oxygens (including phenoxy) is 1. The SMILES string of the molecule is CCOc1ccc(-c2c(C)sc3nc(C)nc(NC(C)c4ccccc4)c23)cc1. The number of anilines is 1. The molecule has 2 aromatic heterocycles. The van der Waals surface area contributed by atoms with Crippen LogP contribution in [0.3, 0.4) is 0 Å². The lowest BCUT2D eigenvalue weighted by Gasteiger charge is -2.17. The Morgan fingerprint density at radius 3 is 2.41 bits per heavy atom. The van der Waals surface area contributed by atoms with Gasteiger partial charge in [0.2, 0.25) is 0 Å². The number of hydrogen-bond donors (Lipinski definition) is 1. The molecule has 0 aliphatic heterocycles. The van der Waals surface area contributed by atoms with E-state index in [1.54, 1.807) is 11.3 Å². The zero-order valence-electron chi connectivity index (χ0n) is 17.2. The van der Waals surface area contributed by atoms with Crippen molar-refractivity contribution >= 4 is 27.4 Å². The molecule has 0 saturated carbocycles. The van der Waals surface area contributed by atoms with Crippen LogP contribution in [0.4, 0.5) is 5.82 Å². The largest absolute Gasteiger partial charge is 0.494 e. The molecule has 0 aliphatic carbocycles. The summed E-state index contributed by atoms with van der Waals surface area (Å²) in [5, 5.41) is 4.72. The second-order valence-electron chi connectivity index (χ2n) is 7.07. The summed E-state index contributed by atoms with van der Waals surface area (Å²) < 4.78 is 5.60. The van der Waals surface area contributed by atoms with Crippen LogP contribution in [-0.4, -0.2) is 16.6 Å². The third kappa shape index (κ3) is 3.96. The van der Waals surface area contributed by atoms with E-state index in [4.69, 9.17) is 14.7 Å². The normalized spacial score (nSPS) is 12.1. The Balaban J connectivity index is 1.80. The van der Waals surface area contributed by atoms with Crippen molar-refractivity contribution in [2.45, 2.75) is 33.7 Å². The lowest BCUT2D eigenvalue weighted by atomic mass is 10.0. The summed E-state index contributed by atoms with van der Waals surface area (Å²) in [4.78, 5) is 11.7. The fourth-order valence-electron chi connectivity index (χ4n) is 3.58. The number of rotatable bonds is 6. The maximum absolute atomic E-state index is 5.60. The van der Waals surface area contributed by atoms with Gasteiger partial charge in [-0.2, -0.15) is 0 Å². The monoisotopic (exact) mass is 403 g/mol. The van der Waals surface area contributed by atoms with Crippen molar-refractivity contribution in [1.82, 2.24) is 9.97 Å². The zero-order valence-corrected chi connectivity index (χ0v) is 18.0. The second-order valence-corrected chi connectivity index (χ2v) is 8.27. The zero-order chi connectivity index (χ0) is 20.4. The second kappa shape index (κ2) is 8.21. The first kappa shape index (κ1) is 19.4. The number of thiophene rings is 1.